The molecule has 198 valence electrons. The van der Waals surface area contributed by atoms with Crippen LogP contribution >= 0.6 is 23.2 Å². The summed E-state index contributed by atoms with van der Waals surface area (Å²) in [7, 11) is -1.22. The Bertz CT molecular complexity index is 1200. The molecule has 1 atom stereocenters. The summed E-state index contributed by atoms with van der Waals surface area (Å²) in [6, 6.07) is 9.48. The van der Waals surface area contributed by atoms with Crippen LogP contribution in [0.25, 0.3) is 0 Å². The summed E-state index contributed by atoms with van der Waals surface area (Å²) in [6.45, 7) is 7.12. The van der Waals surface area contributed by atoms with Gasteiger partial charge in [-0.3, -0.25) is 9.59 Å². The molecule has 0 aliphatic heterocycles. The van der Waals surface area contributed by atoms with Crippen LogP contribution in [0, 0.1) is 13.8 Å². The van der Waals surface area contributed by atoms with E-state index in [0.29, 0.717) is 39.8 Å². The molecule has 0 aromatic heterocycles. The van der Waals surface area contributed by atoms with E-state index in [1.54, 1.807) is 45.0 Å². The van der Waals surface area contributed by atoms with Gasteiger partial charge in [0.15, 0.2) is 0 Å². The van der Waals surface area contributed by atoms with Gasteiger partial charge in [0.25, 0.3) is 0 Å². The van der Waals surface area contributed by atoms with E-state index >= 15 is 0 Å². The Hall–Kier alpha value is -2.33. The Morgan fingerprint density at radius 3 is 2.25 bits per heavy atom. The van der Waals surface area contributed by atoms with E-state index in [9.17, 15) is 18.0 Å². The molecule has 11 heteroatoms. The van der Waals surface area contributed by atoms with Crippen LogP contribution in [0.5, 0.6) is 0 Å². The Morgan fingerprint density at radius 2 is 1.69 bits per heavy atom. The molecular weight excluding hydrogens is 523 g/mol. The second kappa shape index (κ2) is 12.8. The SMILES string of the molecule is CCNC(=O)[C@H](CC)N(Cc1ccc(Cl)cc1Cl)C(=O)CN(c1cc(C)ccc1C)S(=O)(=O)N(C)C. The second-order valence-electron chi connectivity index (χ2n) is 8.66. The maximum absolute atomic E-state index is 13.8. The average molecular weight is 558 g/mol. The molecule has 0 spiro atoms. The molecule has 0 radical (unpaired) electrons. The Kier molecular flexibility index (Phi) is 10.6. The summed E-state index contributed by atoms with van der Waals surface area (Å²) in [5.41, 5.74) is 2.53. The number of anilines is 1. The number of nitrogens with one attached hydrogen (secondary N) is 1. The van der Waals surface area contributed by atoms with Crippen LogP contribution in [-0.2, 0) is 26.3 Å². The number of halogens is 2. The predicted octanol–water partition coefficient (Wildman–Crippen LogP) is 4.17. The fraction of sp³-hybridized carbons (Fsp3) is 0.440. The molecule has 0 fully saturated rings. The summed E-state index contributed by atoms with van der Waals surface area (Å²) in [5.74, 6) is -0.863. The molecule has 0 bridgehead atoms. The standard InChI is InChI=1S/C25H34Cl2N4O4S/c1-7-22(25(33)28-8-2)30(15-19-11-12-20(26)14-21(19)27)24(32)16-31(36(34,35)29(5)6)23-13-17(3)9-10-18(23)4/h9-14,22H,7-8,15-16H2,1-6H3,(H,28,33)/t22-/m0/s1. The highest BCUT2D eigenvalue weighted by molar-refractivity contribution is 7.90. The van der Waals surface area contributed by atoms with Crippen LogP contribution in [-0.4, -0.2) is 62.7 Å². The molecular formula is C25H34Cl2N4O4S. The smallest absolute Gasteiger partial charge is 0.304 e. The van der Waals surface area contributed by atoms with Gasteiger partial charge in [-0.2, -0.15) is 12.7 Å². The zero-order valence-corrected chi connectivity index (χ0v) is 23.8. The molecule has 2 amide bonds. The molecule has 0 saturated carbocycles. The highest BCUT2D eigenvalue weighted by atomic mass is 35.5. The normalized spacial score (nSPS) is 12.4. The summed E-state index contributed by atoms with van der Waals surface area (Å²) in [5, 5.41) is 3.55. The first-order valence-corrected chi connectivity index (χ1v) is 13.8. The molecule has 0 aliphatic carbocycles. The lowest BCUT2D eigenvalue weighted by molar-refractivity contribution is -0.140. The Labute approximate surface area is 224 Å². The van der Waals surface area contributed by atoms with Crippen molar-refractivity contribution in [2.45, 2.75) is 46.7 Å². The number of carbonyl (C=O) groups excluding carboxylic acids is 2. The first-order chi connectivity index (χ1) is 16.8. The minimum Gasteiger partial charge on any atom is -0.355 e. The molecule has 0 heterocycles. The van der Waals surface area contributed by atoms with Crippen LogP contribution in [0.3, 0.4) is 0 Å². The van der Waals surface area contributed by atoms with Gasteiger partial charge in [0.05, 0.1) is 5.69 Å². The van der Waals surface area contributed by atoms with Crippen LogP contribution in [0.15, 0.2) is 36.4 Å². The zero-order valence-electron chi connectivity index (χ0n) is 21.5. The van der Waals surface area contributed by atoms with Crippen molar-refractivity contribution in [2.24, 2.45) is 0 Å². The van der Waals surface area contributed by atoms with Crippen molar-refractivity contribution >= 4 is 50.9 Å². The minimum atomic E-state index is -4.03. The fourth-order valence-electron chi connectivity index (χ4n) is 3.73. The third-order valence-corrected chi connectivity index (χ3v) is 8.14. The van der Waals surface area contributed by atoms with Gasteiger partial charge in [-0.05, 0) is 62.1 Å². The largest absolute Gasteiger partial charge is 0.355 e. The van der Waals surface area contributed by atoms with Crippen molar-refractivity contribution in [1.82, 2.24) is 14.5 Å². The monoisotopic (exact) mass is 556 g/mol. The third-order valence-electron chi connectivity index (χ3n) is 5.74. The molecule has 36 heavy (non-hydrogen) atoms. The molecule has 0 saturated heterocycles. The first kappa shape index (κ1) is 29.9. The van der Waals surface area contributed by atoms with Gasteiger partial charge in [-0.1, -0.05) is 48.3 Å². The van der Waals surface area contributed by atoms with Crippen molar-refractivity contribution < 1.29 is 18.0 Å². The van der Waals surface area contributed by atoms with Gasteiger partial charge in [0.2, 0.25) is 11.8 Å². The van der Waals surface area contributed by atoms with Crippen LogP contribution in [0.2, 0.25) is 10.0 Å². The number of hydrogen-bond acceptors (Lipinski definition) is 4. The van der Waals surface area contributed by atoms with E-state index in [0.717, 1.165) is 14.2 Å². The Balaban J connectivity index is 2.58. The molecule has 0 unspecified atom stereocenters. The quantitative estimate of drug-likeness (QED) is 0.449. The zero-order chi connectivity index (χ0) is 27.2. The van der Waals surface area contributed by atoms with Crippen molar-refractivity contribution in [3.8, 4) is 0 Å². The highest BCUT2D eigenvalue weighted by Crippen LogP contribution is 2.27. The predicted molar refractivity (Wildman–Crippen MR) is 146 cm³/mol. The van der Waals surface area contributed by atoms with E-state index in [1.165, 1.54) is 19.0 Å². The van der Waals surface area contributed by atoms with Crippen molar-refractivity contribution in [3.05, 3.63) is 63.1 Å². The summed E-state index contributed by atoms with van der Waals surface area (Å²) >= 11 is 12.4. The number of amides is 2. The number of benzene rings is 2. The van der Waals surface area contributed by atoms with E-state index in [2.05, 4.69) is 5.32 Å². The van der Waals surface area contributed by atoms with Crippen LogP contribution in [0.1, 0.15) is 37.0 Å². The van der Waals surface area contributed by atoms with Crippen molar-refractivity contribution in [1.29, 1.82) is 0 Å². The number of aryl methyl sites for hydroxylation is 2. The van der Waals surface area contributed by atoms with E-state index in [1.807, 2.05) is 19.1 Å². The number of likely N-dealkylation sites (N-methyl/N-ethyl adjacent to an activating group) is 1. The number of carbonyl (C=O) groups is 2. The summed E-state index contributed by atoms with van der Waals surface area (Å²) < 4.78 is 28.8. The summed E-state index contributed by atoms with van der Waals surface area (Å²) in [6.07, 6.45) is 0.326. The van der Waals surface area contributed by atoms with Crippen LogP contribution < -0.4 is 9.62 Å². The van der Waals surface area contributed by atoms with Gasteiger partial charge in [-0.25, -0.2) is 4.31 Å². The minimum absolute atomic E-state index is 0.00707. The average Bonchev–Trinajstić information content (AvgIpc) is 2.80. The van der Waals surface area contributed by atoms with E-state index < -0.39 is 28.7 Å². The van der Waals surface area contributed by atoms with Crippen molar-refractivity contribution in [2.75, 3.05) is 31.5 Å². The molecule has 2 aromatic rings. The van der Waals surface area contributed by atoms with Gasteiger partial charge in [0, 0.05) is 37.2 Å². The molecule has 8 nitrogen and oxygen atoms in total. The summed E-state index contributed by atoms with van der Waals surface area (Å²) in [4.78, 5) is 28.1. The Morgan fingerprint density at radius 1 is 1.03 bits per heavy atom. The maximum Gasteiger partial charge on any atom is 0.304 e. The van der Waals surface area contributed by atoms with E-state index in [-0.39, 0.29) is 12.5 Å². The fourth-order valence-corrected chi connectivity index (χ4v) is 5.32. The van der Waals surface area contributed by atoms with Gasteiger partial charge in [-0.15, -0.1) is 0 Å². The van der Waals surface area contributed by atoms with Crippen LogP contribution in [0.4, 0.5) is 5.69 Å². The lowest BCUT2D eigenvalue weighted by Crippen LogP contribution is -2.53. The van der Waals surface area contributed by atoms with Gasteiger partial charge >= 0.3 is 10.2 Å². The molecule has 2 aromatic carbocycles. The van der Waals surface area contributed by atoms with Crippen molar-refractivity contribution in [3.63, 3.8) is 0 Å². The molecule has 0 aliphatic rings. The number of hydrogen-bond donors (Lipinski definition) is 1. The van der Waals surface area contributed by atoms with E-state index in [4.69, 9.17) is 23.2 Å². The second-order valence-corrected chi connectivity index (χ2v) is 11.6. The highest BCUT2D eigenvalue weighted by Gasteiger charge is 2.34. The molecule has 1 N–H and O–H groups in total. The van der Waals surface area contributed by atoms with Gasteiger partial charge < -0.3 is 10.2 Å². The number of rotatable bonds is 11. The third kappa shape index (κ3) is 7.12. The molecule has 2 rings (SSSR count). The van der Waals surface area contributed by atoms with Gasteiger partial charge in [0.1, 0.15) is 12.6 Å². The lowest BCUT2D eigenvalue weighted by atomic mass is 10.1. The lowest BCUT2D eigenvalue weighted by Gasteiger charge is -2.34. The maximum atomic E-state index is 13.8. The number of nitrogens with zero attached hydrogens (tertiary/aromatic N) is 3. The first-order valence-electron chi connectivity index (χ1n) is 11.6. The topological polar surface area (TPSA) is 90.0 Å².